The van der Waals surface area contributed by atoms with Gasteiger partial charge < -0.3 is 15.4 Å². The molecule has 106 valence electrons. The van der Waals surface area contributed by atoms with Crippen molar-refractivity contribution in [3.63, 3.8) is 0 Å². The van der Waals surface area contributed by atoms with Gasteiger partial charge in [-0.25, -0.2) is 0 Å². The molecule has 1 aromatic rings. The van der Waals surface area contributed by atoms with E-state index in [1.807, 2.05) is 0 Å². The van der Waals surface area contributed by atoms with Gasteiger partial charge >= 0.3 is 0 Å². The molecule has 0 fully saturated rings. The molecule has 0 radical (unpaired) electrons. The summed E-state index contributed by atoms with van der Waals surface area (Å²) in [5.74, 6) is -0.746. The van der Waals surface area contributed by atoms with E-state index in [2.05, 4.69) is 16.0 Å². The third-order valence-electron chi connectivity index (χ3n) is 2.80. The van der Waals surface area contributed by atoms with Gasteiger partial charge in [0.05, 0.1) is 11.1 Å². The zero-order valence-corrected chi connectivity index (χ0v) is 11.8. The number of fused-ring (bicyclic) bond motifs is 1. The molecule has 7 heteroatoms. The molecule has 0 atom stereocenters. The Morgan fingerprint density at radius 3 is 2.80 bits per heavy atom. The molecule has 0 aromatic heterocycles. The average molecular weight is 293 g/mol. The monoisotopic (exact) mass is 293 g/mol. The molecule has 0 saturated carbocycles. The van der Waals surface area contributed by atoms with Gasteiger partial charge in [0.25, 0.3) is 11.8 Å². The Kier molecular flexibility index (Phi) is 4.65. The normalized spacial score (nSPS) is 12.8. The molecule has 1 aromatic carbocycles. The number of carbonyl (C=O) groups is 2. The largest absolute Gasteiger partial charge is 0.385 e. The fourth-order valence-corrected chi connectivity index (χ4v) is 2.06. The quantitative estimate of drug-likeness (QED) is 0.425. The summed E-state index contributed by atoms with van der Waals surface area (Å²) in [4.78, 5) is 22.9. The Hall–Kier alpha value is -1.99. The fourth-order valence-electron chi connectivity index (χ4n) is 1.84. The van der Waals surface area contributed by atoms with E-state index < -0.39 is 0 Å². The molecule has 0 unspecified atom stereocenters. The first-order chi connectivity index (χ1) is 9.61. The van der Waals surface area contributed by atoms with E-state index in [0.29, 0.717) is 35.1 Å². The maximum atomic E-state index is 11.5. The minimum atomic E-state index is -0.382. The summed E-state index contributed by atoms with van der Waals surface area (Å²) in [7, 11) is 1.65. The van der Waals surface area contributed by atoms with E-state index in [1.165, 1.54) is 0 Å². The average Bonchev–Trinajstić information content (AvgIpc) is 2.70. The van der Waals surface area contributed by atoms with Gasteiger partial charge in [0.2, 0.25) is 0 Å². The Morgan fingerprint density at radius 2 is 2.05 bits per heavy atom. The maximum Gasteiger partial charge on any atom is 0.259 e. The van der Waals surface area contributed by atoms with Crippen LogP contribution < -0.4 is 16.0 Å². The number of amides is 2. The van der Waals surface area contributed by atoms with Crippen LogP contribution in [0.2, 0.25) is 0 Å². The van der Waals surface area contributed by atoms with Gasteiger partial charge in [-0.2, -0.15) is 0 Å². The fraction of sp³-hybridized carbons (Fsp3) is 0.308. The Labute approximate surface area is 121 Å². The molecular weight excluding hydrogens is 278 g/mol. The third-order valence-corrected chi connectivity index (χ3v) is 3.05. The van der Waals surface area contributed by atoms with Gasteiger partial charge in [0.1, 0.15) is 0 Å². The van der Waals surface area contributed by atoms with Crippen molar-refractivity contribution in [2.24, 2.45) is 0 Å². The lowest BCUT2D eigenvalue weighted by Gasteiger charge is -2.10. The van der Waals surface area contributed by atoms with Crippen molar-refractivity contribution < 1.29 is 14.3 Å². The van der Waals surface area contributed by atoms with Crippen LogP contribution >= 0.6 is 12.2 Å². The first kappa shape index (κ1) is 14.4. The molecular formula is C13H15N3O3S. The molecule has 1 aliphatic rings. The molecule has 6 nitrogen and oxygen atoms in total. The van der Waals surface area contributed by atoms with Gasteiger partial charge in [-0.3, -0.25) is 14.9 Å². The number of carbonyl (C=O) groups excluding carboxylic acids is 2. The Balaban J connectivity index is 1.94. The minimum Gasteiger partial charge on any atom is -0.385 e. The Morgan fingerprint density at radius 1 is 1.30 bits per heavy atom. The SMILES string of the molecule is COCCCNC(=S)Nc1ccc2c(c1)C(=O)NC2=O. The highest BCUT2D eigenvalue weighted by atomic mass is 32.1. The number of nitrogens with one attached hydrogen (secondary N) is 3. The number of rotatable bonds is 5. The number of anilines is 1. The van der Waals surface area contributed by atoms with Crippen LogP contribution in [0.5, 0.6) is 0 Å². The van der Waals surface area contributed by atoms with E-state index in [9.17, 15) is 9.59 Å². The van der Waals surface area contributed by atoms with E-state index in [0.717, 1.165) is 6.42 Å². The number of ether oxygens (including phenoxy) is 1. The van der Waals surface area contributed by atoms with Crippen molar-refractivity contribution in [1.82, 2.24) is 10.6 Å². The Bertz CT molecular complexity index is 560. The molecule has 0 aliphatic carbocycles. The number of hydrogen-bond donors (Lipinski definition) is 3. The second kappa shape index (κ2) is 6.44. The number of thiocarbonyl (C=S) groups is 1. The van der Waals surface area contributed by atoms with Gasteiger partial charge in [-0.05, 0) is 36.8 Å². The molecule has 2 amide bonds. The number of methoxy groups -OCH3 is 1. The summed E-state index contributed by atoms with van der Waals surface area (Å²) < 4.78 is 4.93. The first-order valence-corrected chi connectivity index (χ1v) is 6.56. The predicted octanol–water partition coefficient (Wildman–Crippen LogP) is 0.893. The summed E-state index contributed by atoms with van der Waals surface area (Å²) >= 11 is 5.14. The van der Waals surface area contributed by atoms with Crippen molar-refractivity contribution in [2.45, 2.75) is 6.42 Å². The van der Waals surface area contributed by atoms with Crippen LogP contribution in [0, 0.1) is 0 Å². The van der Waals surface area contributed by atoms with Crippen LogP contribution in [0.15, 0.2) is 18.2 Å². The van der Waals surface area contributed by atoms with Crippen LogP contribution in [0.1, 0.15) is 27.1 Å². The number of benzene rings is 1. The lowest BCUT2D eigenvalue weighted by Crippen LogP contribution is -2.29. The van der Waals surface area contributed by atoms with E-state index >= 15 is 0 Å². The first-order valence-electron chi connectivity index (χ1n) is 6.15. The maximum absolute atomic E-state index is 11.5. The molecule has 3 N–H and O–H groups in total. The van der Waals surface area contributed by atoms with Crippen molar-refractivity contribution >= 4 is 34.8 Å². The summed E-state index contributed by atoms with van der Waals surface area (Å²) in [5.41, 5.74) is 1.42. The summed E-state index contributed by atoms with van der Waals surface area (Å²) in [5, 5.41) is 8.71. The molecule has 0 spiro atoms. The third kappa shape index (κ3) is 3.31. The smallest absolute Gasteiger partial charge is 0.259 e. The van der Waals surface area contributed by atoms with Crippen LogP contribution in [0.3, 0.4) is 0 Å². The number of hydrogen-bond acceptors (Lipinski definition) is 4. The van der Waals surface area contributed by atoms with Gasteiger partial charge in [-0.1, -0.05) is 0 Å². The molecule has 1 heterocycles. The summed E-state index contributed by atoms with van der Waals surface area (Å²) in [6.45, 7) is 1.36. The lowest BCUT2D eigenvalue weighted by atomic mass is 10.1. The summed E-state index contributed by atoms with van der Waals surface area (Å²) in [6.07, 6.45) is 0.847. The van der Waals surface area contributed by atoms with Crippen LogP contribution in [-0.4, -0.2) is 37.2 Å². The van der Waals surface area contributed by atoms with Gasteiger partial charge in [0.15, 0.2) is 5.11 Å². The van der Waals surface area contributed by atoms with E-state index in [1.54, 1.807) is 25.3 Å². The minimum absolute atomic E-state index is 0.363. The molecule has 1 aliphatic heterocycles. The van der Waals surface area contributed by atoms with Gasteiger partial charge in [0, 0.05) is 25.9 Å². The van der Waals surface area contributed by atoms with Crippen molar-refractivity contribution in [3.8, 4) is 0 Å². The topological polar surface area (TPSA) is 79.5 Å². The van der Waals surface area contributed by atoms with E-state index in [4.69, 9.17) is 17.0 Å². The zero-order valence-electron chi connectivity index (χ0n) is 11.0. The van der Waals surface area contributed by atoms with Gasteiger partial charge in [-0.15, -0.1) is 0 Å². The van der Waals surface area contributed by atoms with Crippen molar-refractivity contribution in [3.05, 3.63) is 29.3 Å². The standard InChI is InChI=1S/C13H15N3O3S/c1-19-6-2-5-14-13(20)15-8-3-4-9-10(7-8)12(18)16-11(9)17/h3-4,7H,2,5-6H2,1H3,(H2,14,15,20)(H,16,17,18). The zero-order chi connectivity index (χ0) is 14.5. The summed E-state index contributed by atoms with van der Waals surface area (Å²) in [6, 6.07) is 4.92. The molecule has 2 rings (SSSR count). The predicted molar refractivity (Wildman–Crippen MR) is 79.0 cm³/mol. The number of imide groups is 1. The molecule has 20 heavy (non-hydrogen) atoms. The van der Waals surface area contributed by atoms with Crippen LogP contribution in [0.25, 0.3) is 0 Å². The van der Waals surface area contributed by atoms with Crippen molar-refractivity contribution in [1.29, 1.82) is 0 Å². The van der Waals surface area contributed by atoms with Crippen LogP contribution in [-0.2, 0) is 4.74 Å². The molecule has 0 saturated heterocycles. The van der Waals surface area contributed by atoms with Crippen LogP contribution in [0.4, 0.5) is 5.69 Å². The molecule has 0 bridgehead atoms. The highest BCUT2D eigenvalue weighted by molar-refractivity contribution is 7.80. The van der Waals surface area contributed by atoms with Crippen molar-refractivity contribution in [2.75, 3.05) is 25.6 Å². The highest BCUT2D eigenvalue weighted by Crippen LogP contribution is 2.20. The lowest BCUT2D eigenvalue weighted by molar-refractivity contribution is 0.0879. The van der Waals surface area contributed by atoms with E-state index in [-0.39, 0.29) is 11.8 Å². The second-order valence-electron chi connectivity index (χ2n) is 4.27. The highest BCUT2D eigenvalue weighted by Gasteiger charge is 2.26. The second-order valence-corrected chi connectivity index (χ2v) is 4.68.